The molecule has 27 heavy (non-hydrogen) atoms. The minimum atomic E-state index is -0.352. The summed E-state index contributed by atoms with van der Waals surface area (Å²) < 4.78 is 13.8. The Morgan fingerprint density at radius 2 is 1.37 bits per heavy atom. The molecule has 9 heteroatoms. The summed E-state index contributed by atoms with van der Waals surface area (Å²) in [5, 5.41) is 0. The first-order valence-electron chi connectivity index (χ1n) is 7.25. The molecular formula is C18H24Br4N2O3. The Morgan fingerprint density at radius 3 is 1.78 bits per heavy atom. The SMILES string of the molecule is C.C.CCOC(OCC)c1ccc(Br)nc1Br.O=Cc1ccc(Br)nc1Br. The molecule has 0 aliphatic rings. The molecule has 2 heterocycles. The lowest BCUT2D eigenvalue weighted by Crippen LogP contribution is -2.10. The Kier molecular flexibility index (Phi) is 16.9. The lowest BCUT2D eigenvalue weighted by atomic mass is 10.3. The monoisotopic (exact) mass is 632 g/mol. The predicted octanol–water partition coefficient (Wildman–Crippen LogP) is 7.37. The number of hydrogen-bond acceptors (Lipinski definition) is 5. The van der Waals surface area contributed by atoms with Crippen LogP contribution in [0.15, 0.2) is 42.7 Å². The maximum Gasteiger partial charge on any atom is 0.186 e. The van der Waals surface area contributed by atoms with Gasteiger partial charge in [0, 0.05) is 24.3 Å². The van der Waals surface area contributed by atoms with Crippen molar-refractivity contribution in [3.05, 3.63) is 53.8 Å². The minimum absolute atomic E-state index is 0. The van der Waals surface area contributed by atoms with E-state index in [-0.39, 0.29) is 21.1 Å². The lowest BCUT2D eigenvalue weighted by molar-refractivity contribution is -0.140. The predicted molar refractivity (Wildman–Crippen MR) is 124 cm³/mol. The molecule has 2 aromatic heterocycles. The van der Waals surface area contributed by atoms with Crippen LogP contribution in [0.5, 0.6) is 0 Å². The summed E-state index contributed by atoms with van der Waals surface area (Å²) in [7, 11) is 0. The smallest absolute Gasteiger partial charge is 0.186 e. The van der Waals surface area contributed by atoms with Gasteiger partial charge in [0.2, 0.25) is 0 Å². The molecule has 0 fully saturated rings. The van der Waals surface area contributed by atoms with Gasteiger partial charge in [0.05, 0.1) is 0 Å². The van der Waals surface area contributed by atoms with E-state index in [0.29, 0.717) is 28.0 Å². The van der Waals surface area contributed by atoms with Gasteiger partial charge in [-0.2, -0.15) is 0 Å². The average Bonchev–Trinajstić information content (AvgIpc) is 2.55. The molecule has 0 aliphatic heterocycles. The van der Waals surface area contributed by atoms with Crippen molar-refractivity contribution in [3.8, 4) is 0 Å². The summed E-state index contributed by atoms with van der Waals surface area (Å²) in [4.78, 5) is 18.4. The third-order valence-corrected chi connectivity index (χ3v) is 4.86. The molecule has 0 atom stereocenters. The Balaban J connectivity index is 0. The second kappa shape index (κ2) is 15.7. The van der Waals surface area contributed by atoms with Gasteiger partial charge < -0.3 is 9.47 Å². The van der Waals surface area contributed by atoms with Gasteiger partial charge in [-0.05, 0) is 102 Å². The number of rotatable bonds is 6. The number of carbonyl (C=O) groups is 1. The van der Waals surface area contributed by atoms with E-state index in [9.17, 15) is 4.79 Å². The zero-order chi connectivity index (χ0) is 18.8. The molecule has 0 aromatic carbocycles. The highest BCUT2D eigenvalue weighted by molar-refractivity contribution is 9.11. The van der Waals surface area contributed by atoms with Crippen molar-refractivity contribution < 1.29 is 14.3 Å². The first kappa shape index (κ1) is 29.0. The van der Waals surface area contributed by atoms with Crippen molar-refractivity contribution in [2.75, 3.05) is 13.2 Å². The molecule has 152 valence electrons. The van der Waals surface area contributed by atoms with Crippen LogP contribution in [-0.2, 0) is 9.47 Å². The molecule has 0 unspecified atom stereocenters. The highest BCUT2D eigenvalue weighted by Gasteiger charge is 2.15. The number of hydrogen-bond donors (Lipinski definition) is 0. The first-order chi connectivity index (χ1) is 11.9. The maximum atomic E-state index is 10.3. The highest BCUT2D eigenvalue weighted by atomic mass is 79.9. The van der Waals surface area contributed by atoms with E-state index in [4.69, 9.17) is 9.47 Å². The fourth-order valence-electron chi connectivity index (χ4n) is 1.64. The topological polar surface area (TPSA) is 61.3 Å². The van der Waals surface area contributed by atoms with E-state index in [1.807, 2.05) is 26.0 Å². The number of aldehydes is 1. The van der Waals surface area contributed by atoms with Crippen LogP contribution in [-0.4, -0.2) is 29.5 Å². The Hall–Kier alpha value is -0.190. The van der Waals surface area contributed by atoms with Gasteiger partial charge in [0.25, 0.3) is 0 Å². The van der Waals surface area contributed by atoms with Crippen LogP contribution < -0.4 is 0 Å². The molecule has 0 saturated heterocycles. The zero-order valence-electron chi connectivity index (χ0n) is 13.5. The molecule has 0 N–H and O–H groups in total. The normalized spacial score (nSPS) is 9.59. The fourth-order valence-corrected chi connectivity index (χ4v) is 3.66. The van der Waals surface area contributed by atoms with E-state index in [0.717, 1.165) is 21.1 Å². The van der Waals surface area contributed by atoms with Crippen molar-refractivity contribution in [3.63, 3.8) is 0 Å². The second-order valence-electron chi connectivity index (χ2n) is 4.39. The number of aromatic nitrogens is 2. The van der Waals surface area contributed by atoms with Gasteiger partial charge in [0.1, 0.15) is 18.4 Å². The standard InChI is InChI=1S/C10H13Br2NO2.C6H3Br2NO.2CH4/c1-3-14-10(15-4-2)7-5-6-8(11)13-9(7)12;7-5-2-1-4(3-10)6(8)9-5;;/h5-6,10H,3-4H2,1-2H3;1-3H;2*1H4. The summed E-state index contributed by atoms with van der Waals surface area (Å²) in [6, 6.07) is 7.20. The van der Waals surface area contributed by atoms with Crippen molar-refractivity contribution in [1.29, 1.82) is 0 Å². The van der Waals surface area contributed by atoms with Crippen LogP contribution in [0.25, 0.3) is 0 Å². The van der Waals surface area contributed by atoms with Crippen molar-refractivity contribution in [2.45, 2.75) is 35.0 Å². The molecule has 0 bridgehead atoms. The number of ether oxygens (including phenoxy) is 2. The Morgan fingerprint density at radius 1 is 0.889 bits per heavy atom. The van der Waals surface area contributed by atoms with Gasteiger partial charge in [0.15, 0.2) is 12.6 Å². The second-order valence-corrected chi connectivity index (χ2v) is 7.52. The fraction of sp³-hybridized carbons (Fsp3) is 0.389. The molecule has 0 aliphatic carbocycles. The molecule has 0 saturated carbocycles. The lowest BCUT2D eigenvalue weighted by Gasteiger charge is -2.17. The van der Waals surface area contributed by atoms with E-state index < -0.39 is 0 Å². The maximum absolute atomic E-state index is 10.3. The molecule has 2 aromatic rings. The molecule has 5 nitrogen and oxygen atoms in total. The minimum Gasteiger partial charge on any atom is -0.349 e. The van der Waals surface area contributed by atoms with Gasteiger partial charge in [-0.15, -0.1) is 0 Å². The summed E-state index contributed by atoms with van der Waals surface area (Å²) >= 11 is 13.0. The Labute approximate surface area is 195 Å². The largest absolute Gasteiger partial charge is 0.349 e. The quantitative estimate of drug-likeness (QED) is 0.189. The summed E-state index contributed by atoms with van der Waals surface area (Å²) in [6.07, 6.45) is 0.402. The van der Waals surface area contributed by atoms with Crippen LogP contribution in [0.1, 0.15) is 50.9 Å². The third-order valence-electron chi connectivity index (χ3n) is 2.70. The highest BCUT2D eigenvalue weighted by Crippen LogP contribution is 2.27. The van der Waals surface area contributed by atoms with E-state index in [2.05, 4.69) is 73.7 Å². The molecule has 0 amide bonds. The summed E-state index contributed by atoms with van der Waals surface area (Å²) in [6.45, 7) is 5.08. The van der Waals surface area contributed by atoms with Crippen molar-refractivity contribution in [1.82, 2.24) is 9.97 Å². The number of nitrogens with zero attached hydrogens (tertiary/aromatic N) is 2. The Bertz CT molecular complexity index is 696. The van der Waals surface area contributed by atoms with Crippen LogP contribution >= 0.6 is 63.7 Å². The van der Waals surface area contributed by atoms with E-state index >= 15 is 0 Å². The van der Waals surface area contributed by atoms with Gasteiger partial charge in [-0.3, -0.25) is 4.79 Å². The average molecular weight is 636 g/mol. The number of carbonyl (C=O) groups excluding carboxylic acids is 1. The van der Waals surface area contributed by atoms with Gasteiger partial charge in [-0.1, -0.05) is 14.9 Å². The number of pyridine rings is 2. The molecule has 2 rings (SSSR count). The molecule has 0 radical (unpaired) electrons. The van der Waals surface area contributed by atoms with E-state index in [1.165, 1.54) is 0 Å². The van der Waals surface area contributed by atoms with Gasteiger partial charge >= 0.3 is 0 Å². The summed E-state index contributed by atoms with van der Waals surface area (Å²) in [5.41, 5.74) is 1.46. The summed E-state index contributed by atoms with van der Waals surface area (Å²) in [5.74, 6) is 0. The van der Waals surface area contributed by atoms with Crippen molar-refractivity contribution >= 4 is 70.0 Å². The van der Waals surface area contributed by atoms with Crippen LogP contribution in [0.2, 0.25) is 0 Å². The van der Waals surface area contributed by atoms with Crippen LogP contribution in [0, 0.1) is 0 Å². The first-order valence-corrected chi connectivity index (χ1v) is 10.4. The third kappa shape index (κ3) is 10.2. The van der Waals surface area contributed by atoms with Crippen LogP contribution in [0.3, 0.4) is 0 Å². The van der Waals surface area contributed by atoms with Gasteiger partial charge in [-0.25, -0.2) is 9.97 Å². The van der Waals surface area contributed by atoms with Crippen LogP contribution in [0.4, 0.5) is 0 Å². The molecule has 0 spiro atoms. The van der Waals surface area contributed by atoms with E-state index in [1.54, 1.807) is 12.1 Å². The van der Waals surface area contributed by atoms with Crippen molar-refractivity contribution in [2.24, 2.45) is 0 Å². The zero-order valence-corrected chi connectivity index (χ0v) is 19.9. The molecular weight excluding hydrogens is 612 g/mol. The number of halogens is 4.